The van der Waals surface area contributed by atoms with Gasteiger partial charge in [-0.05, 0) is 32.3 Å². The standard InChI is InChI=1S/C14H24N4OS/c1-9(2)5-12(7-15)18-13(19)8-20-14-16-10(3)6-11(4)17-14/h6,9,12H,5,7-8,15H2,1-4H3,(H,18,19). The normalized spacial score (nSPS) is 12.5. The molecular formula is C14H24N4OS. The van der Waals surface area contributed by atoms with Crippen molar-refractivity contribution in [2.45, 2.75) is 45.3 Å². The first kappa shape index (κ1) is 16.9. The van der Waals surface area contributed by atoms with Gasteiger partial charge in [-0.25, -0.2) is 9.97 Å². The number of aromatic nitrogens is 2. The molecule has 1 aromatic rings. The van der Waals surface area contributed by atoms with Crippen molar-refractivity contribution in [3.63, 3.8) is 0 Å². The molecule has 1 atom stereocenters. The Morgan fingerprint density at radius 1 is 1.35 bits per heavy atom. The highest BCUT2D eigenvalue weighted by molar-refractivity contribution is 7.99. The molecule has 0 aliphatic carbocycles. The van der Waals surface area contributed by atoms with Crippen LogP contribution in [0.25, 0.3) is 0 Å². The average molecular weight is 296 g/mol. The number of carbonyl (C=O) groups excluding carboxylic acids is 1. The zero-order valence-corrected chi connectivity index (χ0v) is 13.5. The Bertz CT molecular complexity index is 431. The Kier molecular flexibility index (Phi) is 6.95. The Balaban J connectivity index is 2.46. The van der Waals surface area contributed by atoms with Gasteiger partial charge in [-0.2, -0.15) is 0 Å². The van der Waals surface area contributed by atoms with Gasteiger partial charge in [0.25, 0.3) is 0 Å². The molecule has 1 amide bonds. The minimum Gasteiger partial charge on any atom is -0.351 e. The van der Waals surface area contributed by atoms with Crippen molar-refractivity contribution >= 4 is 17.7 Å². The van der Waals surface area contributed by atoms with E-state index in [1.54, 1.807) is 0 Å². The number of nitrogens with two attached hydrogens (primary N) is 1. The molecule has 6 heteroatoms. The third-order valence-corrected chi connectivity index (χ3v) is 3.55. The summed E-state index contributed by atoms with van der Waals surface area (Å²) >= 11 is 1.35. The molecule has 3 N–H and O–H groups in total. The van der Waals surface area contributed by atoms with Crippen LogP contribution in [0.2, 0.25) is 0 Å². The second-order valence-corrected chi connectivity index (χ2v) is 6.29. The van der Waals surface area contributed by atoms with Gasteiger partial charge in [0, 0.05) is 24.0 Å². The largest absolute Gasteiger partial charge is 0.351 e. The van der Waals surface area contributed by atoms with Crippen molar-refractivity contribution in [1.82, 2.24) is 15.3 Å². The van der Waals surface area contributed by atoms with Crippen molar-refractivity contribution < 1.29 is 4.79 Å². The van der Waals surface area contributed by atoms with Gasteiger partial charge >= 0.3 is 0 Å². The Hall–Kier alpha value is -1.14. The van der Waals surface area contributed by atoms with Gasteiger partial charge < -0.3 is 11.1 Å². The van der Waals surface area contributed by atoms with Gasteiger partial charge in [0.1, 0.15) is 0 Å². The second-order valence-electron chi connectivity index (χ2n) is 5.35. The fraction of sp³-hybridized carbons (Fsp3) is 0.643. The molecule has 112 valence electrons. The fourth-order valence-electron chi connectivity index (χ4n) is 1.94. The van der Waals surface area contributed by atoms with Crippen LogP contribution in [0.4, 0.5) is 0 Å². The molecule has 0 aliphatic heterocycles. The molecule has 0 saturated heterocycles. The number of amides is 1. The highest BCUT2D eigenvalue weighted by Crippen LogP contribution is 2.14. The third-order valence-electron chi connectivity index (χ3n) is 2.70. The van der Waals surface area contributed by atoms with Crippen molar-refractivity contribution in [3.05, 3.63) is 17.5 Å². The minimum atomic E-state index is -0.0196. The van der Waals surface area contributed by atoms with E-state index in [0.29, 0.717) is 23.4 Å². The quantitative estimate of drug-likeness (QED) is 0.591. The molecule has 1 rings (SSSR count). The van der Waals surface area contributed by atoms with E-state index in [-0.39, 0.29) is 11.9 Å². The number of aryl methyl sites for hydroxylation is 2. The lowest BCUT2D eigenvalue weighted by molar-refractivity contribution is -0.119. The predicted molar refractivity (Wildman–Crippen MR) is 82.7 cm³/mol. The molecular weight excluding hydrogens is 272 g/mol. The summed E-state index contributed by atoms with van der Waals surface area (Å²) in [5.41, 5.74) is 7.50. The Morgan fingerprint density at radius 3 is 2.45 bits per heavy atom. The number of hydrogen-bond acceptors (Lipinski definition) is 5. The van der Waals surface area contributed by atoms with Gasteiger partial charge in [-0.3, -0.25) is 4.79 Å². The van der Waals surface area contributed by atoms with Crippen LogP contribution in [-0.2, 0) is 4.79 Å². The van der Waals surface area contributed by atoms with Crippen molar-refractivity contribution in [2.75, 3.05) is 12.3 Å². The summed E-state index contributed by atoms with van der Waals surface area (Å²) < 4.78 is 0. The highest BCUT2D eigenvalue weighted by Gasteiger charge is 2.13. The molecule has 0 aromatic carbocycles. The van der Waals surface area contributed by atoms with E-state index in [4.69, 9.17) is 5.73 Å². The summed E-state index contributed by atoms with van der Waals surface area (Å²) in [6, 6.07) is 1.96. The second kappa shape index (κ2) is 8.21. The van der Waals surface area contributed by atoms with Gasteiger partial charge in [0.15, 0.2) is 5.16 Å². The van der Waals surface area contributed by atoms with Gasteiger partial charge in [-0.15, -0.1) is 0 Å². The topological polar surface area (TPSA) is 80.9 Å². The van der Waals surface area contributed by atoms with Crippen LogP contribution >= 0.6 is 11.8 Å². The lowest BCUT2D eigenvalue weighted by Crippen LogP contribution is -2.41. The molecule has 1 aromatic heterocycles. The van der Waals surface area contributed by atoms with E-state index >= 15 is 0 Å². The van der Waals surface area contributed by atoms with Gasteiger partial charge in [0.2, 0.25) is 5.91 Å². The van der Waals surface area contributed by atoms with Crippen LogP contribution in [0, 0.1) is 19.8 Å². The monoisotopic (exact) mass is 296 g/mol. The summed E-state index contributed by atoms with van der Waals surface area (Å²) in [6.07, 6.45) is 0.896. The van der Waals surface area contributed by atoms with Crippen molar-refractivity contribution in [3.8, 4) is 0 Å². The molecule has 0 bridgehead atoms. The van der Waals surface area contributed by atoms with Crippen LogP contribution in [0.3, 0.4) is 0 Å². The maximum Gasteiger partial charge on any atom is 0.230 e. The summed E-state index contributed by atoms with van der Waals surface area (Å²) in [6.45, 7) is 8.55. The number of nitrogens with zero attached hydrogens (tertiary/aromatic N) is 2. The van der Waals surface area contributed by atoms with Crippen molar-refractivity contribution in [2.24, 2.45) is 11.7 Å². The van der Waals surface area contributed by atoms with Gasteiger partial charge in [-0.1, -0.05) is 25.6 Å². The summed E-state index contributed by atoms with van der Waals surface area (Å²) in [7, 11) is 0. The van der Waals surface area contributed by atoms with E-state index in [9.17, 15) is 4.79 Å². The third kappa shape index (κ3) is 6.34. The Morgan fingerprint density at radius 2 is 1.95 bits per heavy atom. The number of thioether (sulfide) groups is 1. The lowest BCUT2D eigenvalue weighted by Gasteiger charge is -2.18. The molecule has 1 heterocycles. The smallest absolute Gasteiger partial charge is 0.230 e. The lowest BCUT2D eigenvalue weighted by atomic mass is 10.0. The SMILES string of the molecule is Cc1cc(C)nc(SCC(=O)NC(CN)CC(C)C)n1. The minimum absolute atomic E-state index is 0.0196. The molecule has 1 unspecified atom stereocenters. The van der Waals surface area contributed by atoms with Crippen LogP contribution in [-0.4, -0.2) is 34.2 Å². The van der Waals surface area contributed by atoms with Crippen molar-refractivity contribution in [1.29, 1.82) is 0 Å². The van der Waals surface area contributed by atoms with E-state index in [1.165, 1.54) is 11.8 Å². The fourth-order valence-corrected chi connectivity index (χ4v) is 2.70. The predicted octanol–water partition coefficient (Wildman–Crippen LogP) is 1.68. The Labute approximate surface area is 125 Å². The first-order valence-corrected chi connectivity index (χ1v) is 7.83. The molecule has 0 fully saturated rings. The first-order chi connectivity index (χ1) is 9.40. The van der Waals surface area contributed by atoms with E-state index in [1.807, 2.05) is 19.9 Å². The number of rotatable bonds is 7. The molecule has 0 aliphatic rings. The molecule has 0 spiro atoms. The maximum absolute atomic E-state index is 11.9. The molecule has 0 radical (unpaired) electrons. The van der Waals surface area contributed by atoms with E-state index in [2.05, 4.69) is 29.1 Å². The van der Waals surface area contributed by atoms with E-state index in [0.717, 1.165) is 17.8 Å². The average Bonchev–Trinajstić information content (AvgIpc) is 2.34. The zero-order valence-electron chi connectivity index (χ0n) is 12.6. The van der Waals surface area contributed by atoms with Crippen LogP contribution in [0.15, 0.2) is 11.2 Å². The summed E-state index contributed by atoms with van der Waals surface area (Å²) in [4.78, 5) is 20.5. The van der Waals surface area contributed by atoms with Crippen LogP contribution in [0.1, 0.15) is 31.7 Å². The van der Waals surface area contributed by atoms with Gasteiger partial charge in [0.05, 0.1) is 5.75 Å². The summed E-state index contributed by atoms with van der Waals surface area (Å²) in [5, 5.41) is 3.60. The zero-order chi connectivity index (χ0) is 15.1. The molecule has 0 saturated carbocycles. The molecule has 5 nitrogen and oxygen atoms in total. The summed E-state index contributed by atoms with van der Waals surface area (Å²) in [5.74, 6) is 0.811. The highest BCUT2D eigenvalue weighted by atomic mass is 32.2. The number of carbonyl (C=O) groups is 1. The van der Waals surface area contributed by atoms with Crippen LogP contribution in [0.5, 0.6) is 0 Å². The number of nitrogens with one attached hydrogen (secondary N) is 1. The maximum atomic E-state index is 11.9. The number of hydrogen-bond donors (Lipinski definition) is 2. The first-order valence-electron chi connectivity index (χ1n) is 6.85. The molecule has 20 heavy (non-hydrogen) atoms. The van der Waals surface area contributed by atoms with Crippen LogP contribution < -0.4 is 11.1 Å². The van der Waals surface area contributed by atoms with E-state index < -0.39 is 0 Å².